The number of aromatic nitrogens is 3. The molecular formula is C9H16N4O2. The van der Waals surface area contributed by atoms with Crippen molar-refractivity contribution in [3.63, 3.8) is 0 Å². The van der Waals surface area contributed by atoms with Crippen molar-refractivity contribution in [1.82, 2.24) is 20.7 Å². The third-order valence-electron chi connectivity index (χ3n) is 1.64. The summed E-state index contributed by atoms with van der Waals surface area (Å²) in [6.45, 7) is 7.58. The zero-order valence-electron chi connectivity index (χ0n) is 9.42. The number of hydrogen-bond acceptors (Lipinski definition) is 4. The Morgan fingerprint density at radius 2 is 2.13 bits per heavy atom. The van der Waals surface area contributed by atoms with Crippen molar-refractivity contribution in [2.45, 2.75) is 39.8 Å². The van der Waals surface area contributed by atoms with Gasteiger partial charge in [0.2, 0.25) is 0 Å². The molecule has 84 valence electrons. The lowest BCUT2D eigenvalue weighted by Gasteiger charge is -2.19. The number of aromatic amines is 1. The first-order valence-corrected chi connectivity index (χ1v) is 4.69. The molecule has 0 radical (unpaired) electrons. The van der Waals surface area contributed by atoms with E-state index in [0.29, 0.717) is 5.69 Å². The maximum atomic E-state index is 11.3. The number of carbonyl (C=O) groups excluding carboxylic acids is 1. The van der Waals surface area contributed by atoms with E-state index in [-0.39, 0.29) is 12.1 Å². The minimum atomic E-state index is -0.454. The molecule has 0 atom stereocenters. The summed E-state index contributed by atoms with van der Waals surface area (Å²) in [6.07, 6.45) is -0.454. The summed E-state index contributed by atoms with van der Waals surface area (Å²) < 4.78 is 4.97. The van der Waals surface area contributed by atoms with Gasteiger partial charge in [0.25, 0.3) is 0 Å². The van der Waals surface area contributed by atoms with Crippen LogP contribution in [0.15, 0.2) is 0 Å². The third kappa shape index (κ3) is 3.97. The summed E-state index contributed by atoms with van der Waals surface area (Å²) in [5, 5.41) is 12.8. The first kappa shape index (κ1) is 11.5. The molecule has 0 spiro atoms. The molecule has 0 saturated carbocycles. The molecule has 6 heteroatoms. The highest BCUT2D eigenvalue weighted by Gasteiger charge is 2.15. The lowest BCUT2D eigenvalue weighted by atomic mass is 10.1. The Labute approximate surface area is 88.4 Å². The topological polar surface area (TPSA) is 79.9 Å². The first-order chi connectivity index (χ1) is 6.88. The van der Waals surface area contributed by atoms with E-state index in [9.17, 15) is 4.79 Å². The minimum Gasteiger partial charge on any atom is -0.443 e. The average molecular weight is 212 g/mol. The summed E-state index contributed by atoms with van der Waals surface area (Å²) in [5.74, 6) is 0. The molecule has 1 heterocycles. The first-order valence-electron chi connectivity index (χ1n) is 4.69. The Hall–Kier alpha value is -1.59. The lowest BCUT2D eigenvalue weighted by molar-refractivity contribution is 0.129. The van der Waals surface area contributed by atoms with Crippen LogP contribution in [0.4, 0.5) is 4.79 Å². The van der Waals surface area contributed by atoms with Crippen LogP contribution in [0.25, 0.3) is 0 Å². The number of ether oxygens (including phenoxy) is 1. The number of H-pyrrole nitrogens is 1. The fourth-order valence-corrected chi connectivity index (χ4v) is 0.919. The lowest BCUT2D eigenvalue weighted by Crippen LogP contribution is -2.40. The number of hydrogen-bond donors (Lipinski definition) is 2. The van der Waals surface area contributed by atoms with Gasteiger partial charge in [-0.25, -0.2) is 4.79 Å². The van der Waals surface area contributed by atoms with Gasteiger partial charge < -0.3 is 10.1 Å². The summed E-state index contributed by atoms with van der Waals surface area (Å²) >= 11 is 0. The number of aryl methyl sites for hydroxylation is 1. The molecule has 0 aliphatic rings. The van der Waals surface area contributed by atoms with Crippen LogP contribution < -0.4 is 5.32 Å². The van der Waals surface area contributed by atoms with Crippen molar-refractivity contribution in [3.8, 4) is 0 Å². The highest BCUT2D eigenvalue weighted by molar-refractivity contribution is 5.68. The standard InChI is InChI=1S/C9H16N4O2/c1-6-7(12-13-11-6)5-15-8(14)10-9(2,3)4/h5H2,1-4H3,(H,10,14)(H,11,12,13). The van der Waals surface area contributed by atoms with Gasteiger partial charge >= 0.3 is 6.09 Å². The summed E-state index contributed by atoms with van der Waals surface area (Å²) in [4.78, 5) is 11.3. The van der Waals surface area contributed by atoms with Gasteiger partial charge in [0.1, 0.15) is 12.3 Å². The predicted molar refractivity (Wildman–Crippen MR) is 54.2 cm³/mol. The molecule has 6 nitrogen and oxygen atoms in total. The minimum absolute atomic E-state index is 0.129. The van der Waals surface area contributed by atoms with Crippen LogP contribution in [0.2, 0.25) is 0 Å². The molecule has 1 rings (SSSR count). The zero-order valence-corrected chi connectivity index (χ0v) is 9.42. The number of amides is 1. The van der Waals surface area contributed by atoms with E-state index >= 15 is 0 Å². The van der Waals surface area contributed by atoms with Gasteiger partial charge in [-0.15, -0.1) is 0 Å². The normalized spacial score (nSPS) is 11.2. The molecule has 2 N–H and O–H groups in total. The van der Waals surface area contributed by atoms with Crippen LogP contribution >= 0.6 is 0 Å². The van der Waals surface area contributed by atoms with Crippen molar-refractivity contribution in [2.75, 3.05) is 0 Å². The van der Waals surface area contributed by atoms with Gasteiger partial charge in [0.15, 0.2) is 0 Å². The molecule has 1 amide bonds. The van der Waals surface area contributed by atoms with Gasteiger partial charge in [-0.1, -0.05) is 0 Å². The number of rotatable bonds is 2. The Bertz CT molecular complexity index is 340. The van der Waals surface area contributed by atoms with Crippen LogP contribution in [0.3, 0.4) is 0 Å². The van der Waals surface area contributed by atoms with Crippen LogP contribution in [-0.4, -0.2) is 27.0 Å². The van der Waals surface area contributed by atoms with E-state index in [1.54, 1.807) is 6.92 Å². The molecule has 0 aliphatic carbocycles. The van der Waals surface area contributed by atoms with E-state index in [1.165, 1.54) is 0 Å². The van der Waals surface area contributed by atoms with Crippen molar-refractivity contribution < 1.29 is 9.53 Å². The second-order valence-corrected chi connectivity index (χ2v) is 4.31. The summed E-state index contributed by atoms with van der Waals surface area (Å²) in [7, 11) is 0. The quantitative estimate of drug-likeness (QED) is 0.770. The molecule has 0 saturated heterocycles. The van der Waals surface area contributed by atoms with Crippen LogP contribution in [-0.2, 0) is 11.3 Å². The van der Waals surface area contributed by atoms with Crippen LogP contribution in [0, 0.1) is 6.92 Å². The Morgan fingerprint density at radius 3 is 2.60 bits per heavy atom. The Kier molecular flexibility index (Phi) is 3.28. The van der Waals surface area contributed by atoms with Gasteiger partial charge in [0.05, 0.1) is 5.69 Å². The number of alkyl carbamates (subject to hydrolysis) is 1. The van der Waals surface area contributed by atoms with Crippen LogP contribution in [0.1, 0.15) is 32.2 Å². The molecule has 0 fully saturated rings. The van der Waals surface area contributed by atoms with E-state index < -0.39 is 6.09 Å². The van der Waals surface area contributed by atoms with Crippen molar-refractivity contribution in [3.05, 3.63) is 11.4 Å². The summed E-state index contributed by atoms with van der Waals surface area (Å²) in [5.41, 5.74) is 1.08. The SMILES string of the molecule is Cc1n[nH]nc1COC(=O)NC(C)(C)C. The maximum Gasteiger partial charge on any atom is 0.407 e. The Balaban J connectivity index is 2.38. The number of nitrogens with zero attached hydrogens (tertiary/aromatic N) is 2. The fraction of sp³-hybridized carbons (Fsp3) is 0.667. The highest BCUT2D eigenvalue weighted by Crippen LogP contribution is 2.03. The smallest absolute Gasteiger partial charge is 0.407 e. The second kappa shape index (κ2) is 4.29. The molecule has 1 aromatic heterocycles. The largest absolute Gasteiger partial charge is 0.443 e. The molecule has 0 unspecified atom stereocenters. The van der Waals surface area contributed by atoms with Crippen molar-refractivity contribution >= 4 is 6.09 Å². The number of carbonyl (C=O) groups is 1. The van der Waals surface area contributed by atoms with Gasteiger partial charge in [-0.3, -0.25) is 0 Å². The van der Waals surface area contributed by atoms with Crippen molar-refractivity contribution in [2.24, 2.45) is 0 Å². The van der Waals surface area contributed by atoms with Crippen LogP contribution in [0.5, 0.6) is 0 Å². The van der Waals surface area contributed by atoms with Gasteiger partial charge in [-0.2, -0.15) is 15.4 Å². The molecular weight excluding hydrogens is 196 g/mol. The predicted octanol–water partition coefficient (Wildman–Crippen LogP) is 1.14. The van der Waals surface area contributed by atoms with Gasteiger partial charge in [-0.05, 0) is 27.7 Å². The second-order valence-electron chi connectivity index (χ2n) is 4.31. The molecule has 0 bridgehead atoms. The molecule has 1 aromatic rings. The van der Waals surface area contributed by atoms with E-state index in [0.717, 1.165) is 5.69 Å². The third-order valence-corrected chi connectivity index (χ3v) is 1.64. The van der Waals surface area contributed by atoms with E-state index in [1.807, 2.05) is 20.8 Å². The Morgan fingerprint density at radius 1 is 1.47 bits per heavy atom. The monoisotopic (exact) mass is 212 g/mol. The van der Waals surface area contributed by atoms with Gasteiger partial charge in [0, 0.05) is 5.54 Å². The molecule has 0 aromatic carbocycles. The highest BCUT2D eigenvalue weighted by atomic mass is 16.5. The molecule has 15 heavy (non-hydrogen) atoms. The van der Waals surface area contributed by atoms with E-state index in [4.69, 9.17) is 4.74 Å². The van der Waals surface area contributed by atoms with Crippen molar-refractivity contribution in [1.29, 1.82) is 0 Å². The summed E-state index contributed by atoms with van der Waals surface area (Å²) in [6, 6.07) is 0. The maximum absolute atomic E-state index is 11.3. The number of nitrogens with one attached hydrogen (secondary N) is 2. The fourth-order valence-electron chi connectivity index (χ4n) is 0.919. The molecule has 0 aliphatic heterocycles. The zero-order chi connectivity index (χ0) is 11.5. The average Bonchev–Trinajstić information content (AvgIpc) is 2.44. The van der Waals surface area contributed by atoms with E-state index in [2.05, 4.69) is 20.7 Å².